The molecule has 0 aliphatic heterocycles. The maximum absolute atomic E-state index is 10.5. The van der Waals surface area contributed by atoms with Gasteiger partial charge in [0.05, 0.1) is 12.1 Å². The Morgan fingerprint density at radius 3 is 2.64 bits per heavy atom. The fraction of sp³-hybridized carbons (Fsp3) is 0.250. The molecular formula is C16H20N4O2. The first-order valence-electron chi connectivity index (χ1n) is 6.99. The minimum absolute atomic E-state index is 0.0637. The molecule has 6 heteroatoms. The van der Waals surface area contributed by atoms with Crippen LogP contribution in [0.1, 0.15) is 31.0 Å². The molecule has 1 unspecified atom stereocenters. The van der Waals surface area contributed by atoms with Crippen molar-refractivity contribution in [1.82, 2.24) is 4.98 Å². The number of nitrogens with two attached hydrogens (primary N) is 2. The van der Waals surface area contributed by atoms with Gasteiger partial charge in [-0.05, 0) is 43.2 Å². The Labute approximate surface area is 129 Å². The average molecular weight is 300 g/mol. The Kier molecular flexibility index (Phi) is 4.95. The maximum atomic E-state index is 10.5. The summed E-state index contributed by atoms with van der Waals surface area (Å²) in [4.78, 5) is 14.8. The van der Waals surface area contributed by atoms with Gasteiger partial charge in [-0.25, -0.2) is 4.98 Å². The van der Waals surface area contributed by atoms with E-state index in [-0.39, 0.29) is 6.10 Å². The fourth-order valence-electron chi connectivity index (χ4n) is 2.07. The van der Waals surface area contributed by atoms with E-state index in [2.05, 4.69) is 10.3 Å². The lowest BCUT2D eigenvalue weighted by Crippen LogP contribution is -2.15. The molecule has 2 aromatic rings. The molecule has 2 rings (SSSR count). The van der Waals surface area contributed by atoms with Gasteiger partial charge in [0, 0.05) is 23.6 Å². The number of anilines is 2. The van der Waals surface area contributed by atoms with E-state index in [4.69, 9.17) is 16.2 Å². The molecule has 1 aromatic carbocycles. The van der Waals surface area contributed by atoms with E-state index in [0.29, 0.717) is 23.7 Å². The second-order valence-corrected chi connectivity index (χ2v) is 5.18. The predicted octanol–water partition coefficient (Wildman–Crippen LogP) is 2.07. The molecular weight excluding hydrogens is 280 g/mol. The van der Waals surface area contributed by atoms with E-state index in [1.54, 1.807) is 30.5 Å². The molecule has 0 radical (unpaired) electrons. The van der Waals surface area contributed by atoms with Crippen molar-refractivity contribution in [2.24, 2.45) is 5.73 Å². The van der Waals surface area contributed by atoms with Gasteiger partial charge in [0.25, 0.3) is 0 Å². The molecule has 1 atom stereocenters. The summed E-state index contributed by atoms with van der Waals surface area (Å²) in [6, 6.07) is 8.39. The van der Waals surface area contributed by atoms with E-state index < -0.39 is 6.04 Å². The Morgan fingerprint density at radius 2 is 2.05 bits per heavy atom. The van der Waals surface area contributed by atoms with Crippen LogP contribution >= 0.6 is 0 Å². The number of rotatable bonds is 6. The second kappa shape index (κ2) is 6.91. The third kappa shape index (κ3) is 3.73. The van der Waals surface area contributed by atoms with Crippen molar-refractivity contribution in [2.75, 3.05) is 11.1 Å². The number of nitrogens with zero attached hydrogens (tertiary/aromatic N) is 1. The minimum atomic E-state index is -0.436. The van der Waals surface area contributed by atoms with Crippen LogP contribution in [0.25, 0.3) is 0 Å². The predicted molar refractivity (Wildman–Crippen MR) is 86.6 cm³/mol. The molecule has 0 saturated heterocycles. The molecule has 0 aliphatic carbocycles. The van der Waals surface area contributed by atoms with Crippen LogP contribution in [-0.4, -0.2) is 17.5 Å². The van der Waals surface area contributed by atoms with Gasteiger partial charge >= 0.3 is 0 Å². The number of nitrogens with one attached hydrogen (secondary N) is 1. The third-order valence-electron chi connectivity index (χ3n) is 3.12. The molecule has 0 bridgehead atoms. The Balaban J connectivity index is 2.25. The van der Waals surface area contributed by atoms with E-state index in [0.717, 1.165) is 11.1 Å². The summed E-state index contributed by atoms with van der Waals surface area (Å²) in [5.41, 5.74) is 15.0. The van der Waals surface area contributed by atoms with Crippen LogP contribution < -0.4 is 21.5 Å². The molecule has 1 aromatic heterocycles. The Morgan fingerprint density at radius 1 is 1.27 bits per heavy atom. The van der Waals surface area contributed by atoms with E-state index in [9.17, 15) is 4.79 Å². The second-order valence-electron chi connectivity index (χ2n) is 5.18. The van der Waals surface area contributed by atoms with Crippen LogP contribution in [0.2, 0.25) is 0 Å². The highest BCUT2D eigenvalue weighted by Gasteiger charge is 2.14. The van der Waals surface area contributed by atoms with Gasteiger partial charge in [-0.3, -0.25) is 4.79 Å². The smallest absolute Gasteiger partial charge is 0.213 e. The quantitative estimate of drug-likeness (QED) is 0.559. The van der Waals surface area contributed by atoms with Crippen molar-refractivity contribution < 1.29 is 9.53 Å². The van der Waals surface area contributed by atoms with Gasteiger partial charge in [-0.1, -0.05) is 6.07 Å². The lowest BCUT2D eigenvalue weighted by molar-refractivity contribution is -0.105. The first-order chi connectivity index (χ1) is 10.5. The number of hydrogen-bond donors (Lipinski definition) is 3. The zero-order valence-electron chi connectivity index (χ0n) is 12.6. The Bertz CT molecular complexity index is 641. The van der Waals surface area contributed by atoms with Crippen molar-refractivity contribution >= 4 is 17.8 Å². The maximum Gasteiger partial charge on any atom is 0.213 e. The number of hydrogen-bond acceptors (Lipinski definition) is 5. The molecule has 5 N–H and O–H groups in total. The summed E-state index contributed by atoms with van der Waals surface area (Å²) in [5, 5.41) is 2.58. The van der Waals surface area contributed by atoms with Crippen molar-refractivity contribution in [3.05, 3.63) is 47.7 Å². The number of amides is 1. The van der Waals surface area contributed by atoms with Crippen LogP contribution in [0.5, 0.6) is 5.88 Å². The number of benzene rings is 1. The van der Waals surface area contributed by atoms with Crippen LogP contribution in [-0.2, 0) is 4.79 Å². The summed E-state index contributed by atoms with van der Waals surface area (Å²) < 4.78 is 5.50. The van der Waals surface area contributed by atoms with Crippen LogP contribution in [0.3, 0.4) is 0 Å². The first kappa shape index (κ1) is 15.8. The summed E-state index contributed by atoms with van der Waals surface area (Å²) in [5.74, 6) is 0.551. The topological polar surface area (TPSA) is 103 Å². The normalized spacial score (nSPS) is 12.0. The monoisotopic (exact) mass is 300 g/mol. The van der Waals surface area contributed by atoms with E-state index in [1.807, 2.05) is 19.9 Å². The van der Waals surface area contributed by atoms with Gasteiger partial charge in [-0.15, -0.1) is 0 Å². The zero-order valence-corrected chi connectivity index (χ0v) is 12.6. The molecule has 1 heterocycles. The molecule has 6 nitrogen and oxygen atoms in total. The highest BCUT2D eigenvalue weighted by molar-refractivity contribution is 5.73. The SMILES string of the molecule is CC(C)Oc1ccc(C(N)c2cc(NC=O)ccc2N)cn1. The van der Waals surface area contributed by atoms with Gasteiger partial charge < -0.3 is 21.5 Å². The number of pyridine rings is 1. The van der Waals surface area contributed by atoms with Crippen molar-refractivity contribution in [1.29, 1.82) is 0 Å². The lowest BCUT2D eigenvalue weighted by Gasteiger charge is -2.16. The summed E-state index contributed by atoms with van der Waals surface area (Å²) in [6.45, 7) is 3.88. The highest BCUT2D eigenvalue weighted by atomic mass is 16.5. The van der Waals surface area contributed by atoms with Crippen LogP contribution in [0.15, 0.2) is 36.5 Å². The van der Waals surface area contributed by atoms with Crippen molar-refractivity contribution in [3.63, 3.8) is 0 Å². The zero-order chi connectivity index (χ0) is 16.1. The first-order valence-corrected chi connectivity index (χ1v) is 6.99. The molecule has 0 spiro atoms. The van der Waals surface area contributed by atoms with Crippen LogP contribution in [0, 0.1) is 0 Å². The number of nitrogen functional groups attached to an aromatic ring is 1. The molecule has 0 aliphatic rings. The van der Waals surface area contributed by atoms with Gasteiger partial charge in [0.15, 0.2) is 0 Å². The number of carbonyl (C=O) groups excluding carboxylic acids is 1. The molecule has 0 fully saturated rings. The van der Waals surface area contributed by atoms with E-state index >= 15 is 0 Å². The Hall–Kier alpha value is -2.60. The number of aromatic nitrogens is 1. The summed E-state index contributed by atoms with van der Waals surface area (Å²) in [7, 11) is 0. The summed E-state index contributed by atoms with van der Waals surface area (Å²) in [6.07, 6.45) is 2.34. The molecule has 0 saturated carbocycles. The fourth-order valence-corrected chi connectivity index (χ4v) is 2.07. The average Bonchev–Trinajstić information content (AvgIpc) is 2.49. The number of carbonyl (C=O) groups is 1. The molecule has 22 heavy (non-hydrogen) atoms. The van der Waals surface area contributed by atoms with Crippen LogP contribution in [0.4, 0.5) is 11.4 Å². The van der Waals surface area contributed by atoms with Gasteiger partial charge in [0.1, 0.15) is 0 Å². The standard InChI is InChI=1S/C16H20N4O2/c1-10(2)22-15-6-3-11(8-19-15)16(18)13-7-12(20-9-21)4-5-14(13)17/h3-10,16H,17-18H2,1-2H3,(H,20,21). The van der Waals surface area contributed by atoms with Gasteiger partial charge in [0.2, 0.25) is 12.3 Å². The molecule has 1 amide bonds. The summed E-state index contributed by atoms with van der Waals surface area (Å²) >= 11 is 0. The largest absolute Gasteiger partial charge is 0.475 e. The van der Waals surface area contributed by atoms with E-state index in [1.165, 1.54) is 0 Å². The lowest BCUT2D eigenvalue weighted by atomic mass is 9.99. The highest BCUT2D eigenvalue weighted by Crippen LogP contribution is 2.27. The minimum Gasteiger partial charge on any atom is -0.475 e. The molecule has 116 valence electrons. The van der Waals surface area contributed by atoms with Gasteiger partial charge in [-0.2, -0.15) is 0 Å². The number of ether oxygens (including phenoxy) is 1. The van der Waals surface area contributed by atoms with Crippen molar-refractivity contribution in [3.8, 4) is 5.88 Å². The third-order valence-corrected chi connectivity index (χ3v) is 3.12. The van der Waals surface area contributed by atoms with Crippen molar-refractivity contribution in [2.45, 2.75) is 26.0 Å².